The van der Waals surface area contributed by atoms with Crippen LogP contribution in [0.25, 0.3) is 10.7 Å². The summed E-state index contributed by atoms with van der Waals surface area (Å²) >= 11 is 2.62. The predicted molar refractivity (Wildman–Crippen MR) is 119 cm³/mol. The van der Waals surface area contributed by atoms with Crippen molar-refractivity contribution in [1.82, 2.24) is 10.1 Å². The Bertz CT molecular complexity index is 1270. The first-order valence-corrected chi connectivity index (χ1v) is 12.4. The van der Waals surface area contributed by atoms with Gasteiger partial charge in [0.2, 0.25) is 5.82 Å². The van der Waals surface area contributed by atoms with E-state index in [9.17, 15) is 13.2 Å². The lowest BCUT2D eigenvalue weighted by molar-refractivity contribution is -0.148. The molecular formula is C20H17N3O6S3. The van der Waals surface area contributed by atoms with Gasteiger partial charge in [-0.25, -0.2) is 13.2 Å². The van der Waals surface area contributed by atoms with Crippen molar-refractivity contribution in [3.63, 3.8) is 0 Å². The largest absolute Gasteiger partial charge is 0.482 e. The highest BCUT2D eigenvalue weighted by Gasteiger charge is 2.22. The summed E-state index contributed by atoms with van der Waals surface area (Å²) in [5, 5.41) is 7.45. The molecule has 0 unspecified atom stereocenters. The van der Waals surface area contributed by atoms with E-state index in [2.05, 4.69) is 10.1 Å². The van der Waals surface area contributed by atoms with Gasteiger partial charge in [-0.05, 0) is 47.2 Å². The number of carbonyl (C=O) groups is 1. The molecule has 0 saturated heterocycles. The van der Waals surface area contributed by atoms with Crippen LogP contribution in [0.2, 0.25) is 0 Å². The number of esters is 1. The van der Waals surface area contributed by atoms with Crippen LogP contribution in [0.15, 0.2) is 68.0 Å². The van der Waals surface area contributed by atoms with Crippen LogP contribution < -0.4 is 9.04 Å². The summed E-state index contributed by atoms with van der Waals surface area (Å²) in [6.45, 7) is -0.487. The fraction of sp³-hybridized carbons (Fsp3) is 0.150. The van der Waals surface area contributed by atoms with Gasteiger partial charge in [0.15, 0.2) is 13.2 Å². The van der Waals surface area contributed by atoms with E-state index in [1.807, 2.05) is 17.5 Å². The summed E-state index contributed by atoms with van der Waals surface area (Å²) in [5.41, 5.74) is 0.464. The van der Waals surface area contributed by atoms with Gasteiger partial charge in [-0.15, -0.1) is 22.7 Å². The Morgan fingerprint density at radius 3 is 2.53 bits per heavy atom. The monoisotopic (exact) mass is 491 g/mol. The van der Waals surface area contributed by atoms with Gasteiger partial charge in [0, 0.05) is 7.05 Å². The summed E-state index contributed by atoms with van der Waals surface area (Å²) in [4.78, 5) is 17.0. The molecule has 32 heavy (non-hydrogen) atoms. The van der Waals surface area contributed by atoms with E-state index in [-0.39, 0.29) is 23.3 Å². The van der Waals surface area contributed by atoms with E-state index in [0.717, 1.165) is 16.2 Å². The van der Waals surface area contributed by atoms with Gasteiger partial charge in [-0.2, -0.15) is 4.98 Å². The fourth-order valence-corrected chi connectivity index (χ4v) is 5.59. The zero-order valence-corrected chi connectivity index (χ0v) is 19.2. The lowest BCUT2D eigenvalue weighted by Gasteiger charge is -2.18. The van der Waals surface area contributed by atoms with Crippen molar-refractivity contribution in [2.45, 2.75) is 10.8 Å². The maximum atomic E-state index is 12.6. The summed E-state index contributed by atoms with van der Waals surface area (Å²) in [5.74, 6) is 0.405. The van der Waals surface area contributed by atoms with Crippen LogP contribution in [0.3, 0.4) is 0 Å². The van der Waals surface area contributed by atoms with Gasteiger partial charge in [-0.3, -0.25) is 4.31 Å². The number of thiophene rings is 2. The van der Waals surface area contributed by atoms with E-state index in [4.69, 9.17) is 14.0 Å². The number of rotatable bonds is 9. The van der Waals surface area contributed by atoms with E-state index in [1.54, 1.807) is 41.8 Å². The Balaban J connectivity index is 1.27. The Hall–Kier alpha value is -3.22. The van der Waals surface area contributed by atoms with Gasteiger partial charge < -0.3 is 14.0 Å². The minimum absolute atomic E-state index is 0.162. The number of hydrogen-bond acceptors (Lipinski definition) is 10. The van der Waals surface area contributed by atoms with Crippen molar-refractivity contribution in [2.24, 2.45) is 0 Å². The first-order valence-electron chi connectivity index (χ1n) is 9.21. The van der Waals surface area contributed by atoms with Crippen molar-refractivity contribution in [1.29, 1.82) is 0 Å². The maximum absolute atomic E-state index is 12.6. The molecule has 0 aliphatic carbocycles. The zero-order valence-electron chi connectivity index (χ0n) is 16.7. The minimum Gasteiger partial charge on any atom is -0.482 e. The lowest BCUT2D eigenvalue weighted by atomic mass is 10.3. The molecule has 0 amide bonds. The molecule has 1 aromatic carbocycles. The predicted octanol–water partition coefficient (Wildman–Crippen LogP) is 3.81. The third-order valence-corrected chi connectivity index (χ3v) is 8.26. The first kappa shape index (κ1) is 22.0. The number of benzene rings is 1. The molecular weight excluding hydrogens is 474 g/mol. The van der Waals surface area contributed by atoms with Crippen LogP contribution in [0.4, 0.5) is 5.69 Å². The standard InChI is InChI=1S/C20H17N3O6S3/c1-23(32(25,26)19-5-3-11-31-19)14-6-8-15(9-7-14)27-13-18(24)28-12-17-21-20(22-29-17)16-4-2-10-30-16/h2-11H,12-13H2,1H3. The van der Waals surface area contributed by atoms with Gasteiger partial charge in [0.25, 0.3) is 15.9 Å². The normalized spacial score (nSPS) is 11.3. The average Bonchev–Trinajstić information content (AvgIpc) is 3.58. The highest BCUT2D eigenvalue weighted by molar-refractivity contribution is 7.94. The molecule has 0 radical (unpaired) electrons. The summed E-state index contributed by atoms with van der Waals surface area (Å²) < 4.78 is 42.2. The zero-order chi connectivity index (χ0) is 22.6. The van der Waals surface area contributed by atoms with E-state index < -0.39 is 16.0 Å². The van der Waals surface area contributed by atoms with Gasteiger partial charge in [-0.1, -0.05) is 17.3 Å². The second-order valence-corrected chi connectivity index (χ2v) is 10.4. The van der Waals surface area contributed by atoms with Crippen LogP contribution in [0, 0.1) is 0 Å². The SMILES string of the molecule is CN(c1ccc(OCC(=O)OCc2nc(-c3cccs3)no2)cc1)S(=O)(=O)c1cccs1. The fourth-order valence-electron chi connectivity index (χ4n) is 2.58. The van der Waals surface area contributed by atoms with E-state index >= 15 is 0 Å². The van der Waals surface area contributed by atoms with Crippen LogP contribution in [0.5, 0.6) is 5.75 Å². The molecule has 0 spiro atoms. The molecule has 3 aromatic heterocycles. The molecule has 3 heterocycles. The molecule has 4 rings (SSSR count). The van der Waals surface area contributed by atoms with Crippen LogP contribution in [0.1, 0.15) is 5.89 Å². The number of sulfonamides is 1. The Labute approximate surface area is 191 Å². The first-order chi connectivity index (χ1) is 15.4. The van der Waals surface area contributed by atoms with Gasteiger partial charge in [0.05, 0.1) is 10.6 Å². The molecule has 0 aliphatic heterocycles. The summed E-state index contributed by atoms with van der Waals surface area (Å²) in [6.07, 6.45) is 0. The smallest absolute Gasteiger partial charge is 0.344 e. The molecule has 9 nitrogen and oxygen atoms in total. The molecule has 4 aromatic rings. The second-order valence-electron chi connectivity index (χ2n) is 6.34. The number of ether oxygens (including phenoxy) is 2. The van der Waals surface area contributed by atoms with Crippen molar-refractivity contribution in [3.8, 4) is 16.5 Å². The Morgan fingerprint density at radius 2 is 1.84 bits per heavy atom. The average molecular weight is 492 g/mol. The van der Waals surface area contributed by atoms with Crippen LogP contribution >= 0.6 is 22.7 Å². The molecule has 0 saturated carbocycles. The van der Waals surface area contributed by atoms with Crippen LogP contribution in [-0.2, 0) is 26.2 Å². The number of anilines is 1. The lowest BCUT2D eigenvalue weighted by Crippen LogP contribution is -2.25. The maximum Gasteiger partial charge on any atom is 0.344 e. The number of aromatic nitrogens is 2. The number of nitrogens with zero attached hydrogens (tertiary/aromatic N) is 3. The summed E-state index contributed by atoms with van der Waals surface area (Å²) in [6, 6.07) is 13.3. The second kappa shape index (κ2) is 9.51. The summed E-state index contributed by atoms with van der Waals surface area (Å²) in [7, 11) is -2.14. The van der Waals surface area contributed by atoms with Crippen molar-refractivity contribution >= 4 is 44.4 Å². The third kappa shape index (κ3) is 4.98. The van der Waals surface area contributed by atoms with E-state index in [0.29, 0.717) is 17.3 Å². The van der Waals surface area contributed by atoms with E-state index in [1.165, 1.54) is 22.7 Å². The molecule has 0 N–H and O–H groups in total. The van der Waals surface area contributed by atoms with Crippen molar-refractivity contribution < 1.29 is 27.2 Å². The van der Waals surface area contributed by atoms with Crippen LogP contribution in [-0.4, -0.2) is 38.2 Å². The van der Waals surface area contributed by atoms with Gasteiger partial charge in [0.1, 0.15) is 9.96 Å². The molecule has 0 fully saturated rings. The number of carbonyl (C=O) groups excluding carboxylic acids is 1. The molecule has 166 valence electrons. The van der Waals surface area contributed by atoms with Crippen molar-refractivity contribution in [2.75, 3.05) is 18.0 Å². The quantitative estimate of drug-likeness (QED) is 0.325. The third-order valence-electron chi connectivity index (χ3n) is 4.23. The topological polar surface area (TPSA) is 112 Å². The number of hydrogen-bond donors (Lipinski definition) is 0. The highest BCUT2D eigenvalue weighted by atomic mass is 32.2. The van der Waals surface area contributed by atoms with Crippen molar-refractivity contribution in [3.05, 3.63) is 65.2 Å². The van der Waals surface area contributed by atoms with Gasteiger partial charge >= 0.3 is 5.97 Å². The Morgan fingerprint density at radius 1 is 1.09 bits per heavy atom. The minimum atomic E-state index is -3.62. The molecule has 0 atom stereocenters. The molecule has 0 aliphatic rings. The molecule has 0 bridgehead atoms. The highest BCUT2D eigenvalue weighted by Crippen LogP contribution is 2.26. The Kier molecular flexibility index (Phi) is 6.53. The molecule has 12 heteroatoms.